The molecule has 0 aliphatic carbocycles. The van der Waals surface area contributed by atoms with Crippen molar-refractivity contribution in [2.45, 2.75) is 10.6 Å². The van der Waals surface area contributed by atoms with Gasteiger partial charge in [0, 0.05) is 16.8 Å². The van der Waals surface area contributed by atoms with Crippen molar-refractivity contribution in [3.05, 3.63) is 48.2 Å². The van der Waals surface area contributed by atoms with Gasteiger partial charge in [-0.15, -0.1) is 11.8 Å². The van der Waals surface area contributed by atoms with Gasteiger partial charge in [0.25, 0.3) is 0 Å². The maximum Gasteiger partial charge on any atom is 0.129 e. The Morgan fingerprint density at radius 1 is 1.25 bits per heavy atom. The Labute approximate surface area is 98.3 Å². The van der Waals surface area contributed by atoms with Crippen LogP contribution in [0.5, 0.6) is 5.75 Å². The highest BCUT2D eigenvalue weighted by Crippen LogP contribution is 2.30. The van der Waals surface area contributed by atoms with Gasteiger partial charge in [0.15, 0.2) is 0 Å². The van der Waals surface area contributed by atoms with E-state index in [2.05, 4.69) is 4.98 Å². The molecule has 82 valence electrons. The number of aromatic nitrogens is 1. The van der Waals surface area contributed by atoms with Crippen molar-refractivity contribution in [2.75, 3.05) is 5.73 Å². The first-order valence-corrected chi connectivity index (χ1v) is 5.85. The number of aromatic hydroxyl groups is 1. The third kappa shape index (κ3) is 2.67. The van der Waals surface area contributed by atoms with Crippen LogP contribution in [0.1, 0.15) is 5.56 Å². The zero-order chi connectivity index (χ0) is 11.4. The van der Waals surface area contributed by atoms with E-state index in [1.54, 1.807) is 24.0 Å². The minimum Gasteiger partial charge on any atom is -0.507 e. The maximum atomic E-state index is 9.59. The average molecular weight is 232 g/mol. The minimum absolute atomic E-state index is 0.314. The van der Waals surface area contributed by atoms with Crippen molar-refractivity contribution in [1.29, 1.82) is 0 Å². The SMILES string of the molecule is Nc1cc(CSc2ccccc2O)ccn1. The van der Waals surface area contributed by atoms with E-state index in [1.807, 2.05) is 30.3 Å². The van der Waals surface area contributed by atoms with Gasteiger partial charge in [-0.1, -0.05) is 12.1 Å². The number of nitrogens with zero attached hydrogens (tertiary/aromatic N) is 1. The van der Waals surface area contributed by atoms with E-state index >= 15 is 0 Å². The molecular formula is C12H12N2OS. The average Bonchev–Trinajstić information content (AvgIpc) is 2.28. The number of nitrogen functional groups attached to an aromatic ring is 1. The van der Waals surface area contributed by atoms with Crippen LogP contribution in [0.25, 0.3) is 0 Å². The number of benzene rings is 1. The third-order valence-corrected chi connectivity index (χ3v) is 3.24. The van der Waals surface area contributed by atoms with Crippen LogP contribution >= 0.6 is 11.8 Å². The van der Waals surface area contributed by atoms with E-state index in [1.165, 1.54) is 0 Å². The normalized spacial score (nSPS) is 10.2. The van der Waals surface area contributed by atoms with Crippen LogP contribution in [0.15, 0.2) is 47.5 Å². The molecule has 0 aliphatic heterocycles. The molecule has 0 unspecified atom stereocenters. The number of nitrogens with two attached hydrogens (primary N) is 1. The molecule has 0 radical (unpaired) electrons. The number of hydrogen-bond donors (Lipinski definition) is 2. The van der Waals surface area contributed by atoms with E-state index in [9.17, 15) is 5.11 Å². The molecule has 0 saturated carbocycles. The van der Waals surface area contributed by atoms with E-state index in [0.29, 0.717) is 11.6 Å². The summed E-state index contributed by atoms with van der Waals surface area (Å²) in [5.74, 6) is 1.61. The van der Waals surface area contributed by atoms with E-state index < -0.39 is 0 Å². The summed E-state index contributed by atoms with van der Waals surface area (Å²) in [7, 11) is 0. The Morgan fingerprint density at radius 3 is 2.81 bits per heavy atom. The first-order chi connectivity index (χ1) is 7.75. The first-order valence-electron chi connectivity index (χ1n) is 4.87. The van der Waals surface area contributed by atoms with Crippen molar-refractivity contribution in [3.8, 4) is 5.75 Å². The van der Waals surface area contributed by atoms with Crippen molar-refractivity contribution in [1.82, 2.24) is 4.98 Å². The Morgan fingerprint density at radius 2 is 2.06 bits per heavy atom. The number of anilines is 1. The molecule has 0 atom stereocenters. The lowest BCUT2D eigenvalue weighted by atomic mass is 10.3. The highest BCUT2D eigenvalue weighted by atomic mass is 32.2. The monoisotopic (exact) mass is 232 g/mol. The zero-order valence-electron chi connectivity index (χ0n) is 8.63. The second kappa shape index (κ2) is 4.90. The number of rotatable bonds is 3. The number of thioether (sulfide) groups is 1. The lowest BCUT2D eigenvalue weighted by Gasteiger charge is -2.04. The Balaban J connectivity index is 2.05. The van der Waals surface area contributed by atoms with Crippen LogP contribution in [0.2, 0.25) is 0 Å². The molecular weight excluding hydrogens is 220 g/mol. The number of phenolic OH excluding ortho intramolecular Hbond substituents is 1. The highest BCUT2D eigenvalue weighted by Gasteiger charge is 2.01. The molecule has 3 N–H and O–H groups in total. The molecule has 4 heteroatoms. The zero-order valence-corrected chi connectivity index (χ0v) is 9.45. The number of phenols is 1. The van der Waals surface area contributed by atoms with Crippen molar-refractivity contribution in [2.24, 2.45) is 0 Å². The van der Waals surface area contributed by atoms with Crippen LogP contribution in [0.3, 0.4) is 0 Å². The fraction of sp³-hybridized carbons (Fsp3) is 0.0833. The fourth-order valence-electron chi connectivity index (χ4n) is 1.32. The lowest BCUT2D eigenvalue weighted by molar-refractivity contribution is 0.462. The molecule has 16 heavy (non-hydrogen) atoms. The minimum atomic E-state index is 0.314. The van der Waals surface area contributed by atoms with Crippen LogP contribution in [-0.2, 0) is 5.75 Å². The predicted molar refractivity (Wildman–Crippen MR) is 66.3 cm³/mol. The predicted octanol–water partition coefficient (Wildman–Crippen LogP) is 2.66. The lowest BCUT2D eigenvalue weighted by Crippen LogP contribution is -1.90. The largest absolute Gasteiger partial charge is 0.507 e. The Kier molecular flexibility index (Phi) is 3.31. The van der Waals surface area contributed by atoms with E-state index in [4.69, 9.17) is 5.73 Å². The van der Waals surface area contributed by atoms with Gasteiger partial charge in [0.2, 0.25) is 0 Å². The molecule has 1 aromatic carbocycles. The second-order valence-electron chi connectivity index (χ2n) is 3.35. The number of para-hydroxylation sites is 1. The van der Waals surface area contributed by atoms with Gasteiger partial charge >= 0.3 is 0 Å². The Bertz CT molecular complexity index is 488. The summed E-state index contributed by atoms with van der Waals surface area (Å²) in [5.41, 5.74) is 6.69. The third-order valence-electron chi connectivity index (χ3n) is 2.11. The van der Waals surface area contributed by atoms with Crippen molar-refractivity contribution in [3.63, 3.8) is 0 Å². The summed E-state index contributed by atoms with van der Waals surface area (Å²) in [6.45, 7) is 0. The van der Waals surface area contributed by atoms with Gasteiger partial charge in [0.05, 0.1) is 0 Å². The first kappa shape index (κ1) is 10.8. The summed E-state index contributed by atoms with van der Waals surface area (Å²) in [6.07, 6.45) is 1.69. The van der Waals surface area contributed by atoms with Gasteiger partial charge in [-0.25, -0.2) is 4.98 Å². The molecule has 0 spiro atoms. The number of hydrogen-bond acceptors (Lipinski definition) is 4. The molecule has 0 saturated heterocycles. The van der Waals surface area contributed by atoms with Crippen LogP contribution < -0.4 is 5.73 Å². The fourth-order valence-corrected chi connectivity index (χ4v) is 2.22. The molecule has 1 heterocycles. The molecule has 0 aliphatic rings. The molecule has 0 bridgehead atoms. The molecule has 0 fully saturated rings. The second-order valence-corrected chi connectivity index (χ2v) is 4.36. The molecule has 2 rings (SSSR count). The standard InChI is InChI=1S/C12H12N2OS/c13-12-7-9(5-6-14-12)8-16-11-4-2-1-3-10(11)15/h1-7,15H,8H2,(H2,13,14). The number of pyridine rings is 1. The summed E-state index contributed by atoms with van der Waals surface area (Å²) in [6, 6.07) is 11.1. The topological polar surface area (TPSA) is 59.1 Å². The smallest absolute Gasteiger partial charge is 0.129 e. The van der Waals surface area contributed by atoms with Crippen LogP contribution in [0.4, 0.5) is 5.82 Å². The summed E-state index contributed by atoms with van der Waals surface area (Å²) < 4.78 is 0. The maximum absolute atomic E-state index is 9.59. The van der Waals surface area contributed by atoms with Crippen LogP contribution in [-0.4, -0.2) is 10.1 Å². The highest BCUT2D eigenvalue weighted by molar-refractivity contribution is 7.98. The summed E-state index contributed by atoms with van der Waals surface area (Å²) in [4.78, 5) is 4.80. The van der Waals surface area contributed by atoms with Gasteiger partial charge < -0.3 is 10.8 Å². The Hall–Kier alpha value is -1.68. The van der Waals surface area contributed by atoms with Crippen LogP contribution in [0, 0.1) is 0 Å². The summed E-state index contributed by atoms with van der Waals surface area (Å²) in [5, 5.41) is 9.59. The van der Waals surface area contributed by atoms with Crippen molar-refractivity contribution >= 4 is 17.6 Å². The van der Waals surface area contributed by atoms with Gasteiger partial charge in [0.1, 0.15) is 11.6 Å². The molecule has 0 amide bonds. The van der Waals surface area contributed by atoms with E-state index in [-0.39, 0.29) is 0 Å². The van der Waals surface area contributed by atoms with Crippen molar-refractivity contribution < 1.29 is 5.11 Å². The quantitative estimate of drug-likeness (QED) is 0.799. The van der Waals surface area contributed by atoms with Gasteiger partial charge in [-0.05, 0) is 29.8 Å². The molecule has 1 aromatic heterocycles. The summed E-state index contributed by atoms with van der Waals surface area (Å²) >= 11 is 1.58. The molecule has 3 nitrogen and oxygen atoms in total. The van der Waals surface area contributed by atoms with E-state index in [0.717, 1.165) is 16.2 Å². The molecule has 2 aromatic rings. The van der Waals surface area contributed by atoms with Gasteiger partial charge in [-0.2, -0.15) is 0 Å². The van der Waals surface area contributed by atoms with Gasteiger partial charge in [-0.3, -0.25) is 0 Å².